The van der Waals surface area contributed by atoms with Gasteiger partial charge in [0.1, 0.15) is 5.82 Å². The molecule has 1 fully saturated rings. The van der Waals surface area contributed by atoms with Gasteiger partial charge in [0.25, 0.3) is 5.91 Å². The molecule has 6 heteroatoms. The maximum absolute atomic E-state index is 11.9. The zero-order valence-electron chi connectivity index (χ0n) is 13.9. The van der Waals surface area contributed by atoms with Crippen LogP contribution in [0.15, 0.2) is 36.4 Å². The third kappa shape index (κ3) is 3.82. The molecule has 1 aliphatic rings. The van der Waals surface area contributed by atoms with E-state index in [2.05, 4.69) is 32.1 Å². The average Bonchev–Trinajstić information content (AvgIpc) is 3.06. The molecule has 0 saturated carbocycles. The molecule has 1 unspecified atom stereocenters. The molecule has 1 saturated heterocycles. The SMILES string of the molecule is C=CCNC(=O)c1ccc(N2CCCC(c3nc(C)cs3)C2)nc1. The first-order valence-corrected chi connectivity index (χ1v) is 9.07. The Morgan fingerprint density at radius 3 is 3.08 bits per heavy atom. The van der Waals surface area contributed by atoms with E-state index < -0.39 is 0 Å². The normalized spacial score (nSPS) is 17.5. The number of amides is 1. The van der Waals surface area contributed by atoms with Crippen molar-refractivity contribution in [1.29, 1.82) is 0 Å². The van der Waals surface area contributed by atoms with Crippen LogP contribution in [0.25, 0.3) is 0 Å². The molecule has 0 spiro atoms. The second-order valence-corrected chi connectivity index (χ2v) is 6.91. The second-order valence-electron chi connectivity index (χ2n) is 6.02. The van der Waals surface area contributed by atoms with E-state index in [4.69, 9.17) is 0 Å². The Labute approximate surface area is 146 Å². The molecule has 1 amide bonds. The molecule has 1 aliphatic heterocycles. The summed E-state index contributed by atoms with van der Waals surface area (Å²) in [6, 6.07) is 3.76. The first-order valence-electron chi connectivity index (χ1n) is 8.19. The largest absolute Gasteiger partial charge is 0.356 e. The minimum absolute atomic E-state index is 0.122. The number of piperidine rings is 1. The van der Waals surface area contributed by atoms with Crippen LogP contribution in [0.2, 0.25) is 0 Å². The lowest BCUT2D eigenvalue weighted by Gasteiger charge is -2.32. The molecule has 24 heavy (non-hydrogen) atoms. The van der Waals surface area contributed by atoms with E-state index in [0.717, 1.165) is 31.0 Å². The summed E-state index contributed by atoms with van der Waals surface area (Å²) in [7, 11) is 0. The fourth-order valence-corrected chi connectivity index (χ4v) is 3.85. The van der Waals surface area contributed by atoms with Gasteiger partial charge in [-0.1, -0.05) is 6.08 Å². The maximum Gasteiger partial charge on any atom is 0.253 e. The average molecular weight is 342 g/mol. The molecule has 2 aromatic heterocycles. The fraction of sp³-hybridized carbons (Fsp3) is 0.389. The Balaban J connectivity index is 1.67. The van der Waals surface area contributed by atoms with Crippen LogP contribution in [-0.2, 0) is 0 Å². The number of anilines is 1. The van der Waals surface area contributed by atoms with Gasteiger partial charge in [-0.25, -0.2) is 9.97 Å². The molecule has 0 radical (unpaired) electrons. The van der Waals surface area contributed by atoms with Crippen molar-refractivity contribution < 1.29 is 4.79 Å². The summed E-state index contributed by atoms with van der Waals surface area (Å²) in [5, 5.41) is 6.10. The van der Waals surface area contributed by atoms with Gasteiger partial charge in [0.2, 0.25) is 0 Å². The number of carbonyl (C=O) groups excluding carboxylic acids is 1. The number of rotatable bonds is 5. The van der Waals surface area contributed by atoms with Gasteiger partial charge in [-0.2, -0.15) is 0 Å². The van der Waals surface area contributed by atoms with Crippen LogP contribution in [0.3, 0.4) is 0 Å². The van der Waals surface area contributed by atoms with E-state index in [9.17, 15) is 4.79 Å². The highest BCUT2D eigenvalue weighted by molar-refractivity contribution is 7.09. The van der Waals surface area contributed by atoms with Crippen molar-refractivity contribution in [3.8, 4) is 0 Å². The summed E-state index contributed by atoms with van der Waals surface area (Å²) in [5.74, 6) is 1.27. The zero-order chi connectivity index (χ0) is 16.9. The first-order chi connectivity index (χ1) is 11.7. The minimum atomic E-state index is -0.122. The number of thiazole rings is 1. The Bertz CT molecular complexity index is 710. The summed E-state index contributed by atoms with van der Waals surface area (Å²) in [5.41, 5.74) is 1.67. The topological polar surface area (TPSA) is 58.1 Å². The first kappa shape index (κ1) is 16.6. The lowest BCUT2D eigenvalue weighted by atomic mass is 9.98. The number of nitrogens with one attached hydrogen (secondary N) is 1. The molecule has 1 atom stereocenters. The predicted molar refractivity (Wildman–Crippen MR) is 97.8 cm³/mol. The standard InChI is InChI=1S/C18H22N4OS/c1-3-8-19-17(23)14-6-7-16(20-10-14)22-9-4-5-15(11-22)18-21-13(2)12-24-18/h3,6-7,10,12,15H,1,4-5,8-9,11H2,2H3,(H,19,23). The number of hydrogen-bond donors (Lipinski definition) is 1. The molecule has 0 aromatic carbocycles. The van der Waals surface area contributed by atoms with Crippen LogP contribution >= 0.6 is 11.3 Å². The molecule has 5 nitrogen and oxygen atoms in total. The lowest BCUT2D eigenvalue weighted by Crippen LogP contribution is -2.35. The summed E-state index contributed by atoms with van der Waals surface area (Å²) >= 11 is 1.75. The van der Waals surface area contributed by atoms with Crippen LogP contribution in [-0.4, -0.2) is 35.5 Å². The third-order valence-corrected chi connectivity index (χ3v) is 5.27. The molecule has 3 rings (SSSR count). The Kier molecular flexibility index (Phi) is 5.25. The van der Waals surface area contributed by atoms with Gasteiger partial charge in [-0.05, 0) is 31.9 Å². The van der Waals surface area contributed by atoms with Gasteiger partial charge in [0.15, 0.2) is 0 Å². The van der Waals surface area contributed by atoms with Crippen molar-refractivity contribution in [1.82, 2.24) is 15.3 Å². The Hall–Kier alpha value is -2.21. The monoisotopic (exact) mass is 342 g/mol. The van der Waals surface area contributed by atoms with E-state index in [-0.39, 0.29) is 5.91 Å². The van der Waals surface area contributed by atoms with Crippen molar-refractivity contribution in [2.75, 3.05) is 24.5 Å². The quantitative estimate of drug-likeness (QED) is 0.848. The maximum atomic E-state index is 11.9. The van der Waals surface area contributed by atoms with Crippen LogP contribution in [0.1, 0.15) is 39.8 Å². The predicted octanol–water partition coefficient (Wildman–Crippen LogP) is 3.15. The van der Waals surface area contributed by atoms with Gasteiger partial charge < -0.3 is 10.2 Å². The lowest BCUT2D eigenvalue weighted by molar-refractivity contribution is 0.0957. The molecule has 2 aromatic rings. The highest BCUT2D eigenvalue weighted by Crippen LogP contribution is 2.30. The molecule has 0 bridgehead atoms. The van der Waals surface area contributed by atoms with Crippen LogP contribution in [0.5, 0.6) is 0 Å². The van der Waals surface area contributed by atoms with E-state index in [1.165, 1.54) is 11.4 Å². The smallest absolute Gasteiger partial charge is 0.253 e. The molecular weight excluding hydrogens is 320 g/mol. The molecular formula is C18H22N4OS. The Morgan fingerprint density at radius 2 is 2.42 bits per heavy atom. The number of carbonyl (C=O) groups is 1. The second kappa shape index (κ2) is 7.57. The highest BCUT2D eigenvalue weighted by atomic mass is 32.1. The summed E-state index contributed by atoms with van der Waals surface area (Å²) in [6.07, 6.45) is 5.61. The number of aryl methyl sites for hydroxylation is 1. The number of aromatic nitrogens is 2. The van der Waals surface area contributed by atoms with Crippen LogP contribution < -0.4 is 10.2 Å². The van der Waals surface area contributed by atoms with Gasteiger partial charge >= 0.3 is 0 Å². The molecule has 0 aliphatic carbocycles. The van der Waals surface area contributed by atoms with Crippen molar-refractivity contribution in [2.24, 2.45) is 0 Å². The van der Waals surface area contributed by atoms with Gasteiger partial charge in [-0.15, -0.1) is 17.9 Å². The number of hydrogen-bond acceptors (Lipinski definition) is 5. The number of pyridine rings is 1. The minimum Gasteiger partial charge on any atom is -0.356 e. The Morgan fingerprint density at radius 1 is 1.54 bits per heavy atom. The van der Waals surface area contributed by atoms with Crippen LogP contribution in [0.4, 0.5) is 5.82 Å². The highest BCUT2D eigenvalue weighted by Gasteiger charge is 2.24. The van der Waals surface area contributed by atoms with E-state index >= 15 is 0 Å². The van der Waals surface area contributed by atoms with Crippen molar-refractivity contribution in [3.63, 3.8) is 0 Å². The zero-order valence-corrected chi connectivity index (χ0v) is 14.7. The number of nitrogens with zero attached hydrogens (tertiary/aromatic N) is 3. The van der Waals surface area contributed by atoms with Crippen molar-refractivity contribution >= 4 is 23.1 Å². The molecule has 1 N–H and O–H groups in total. The van der Waals surface area contributed by atoms with Crippen LogP contribution in [0, 0.1) is 6.92 Å². The van der Waals surface area contributed by atoms with Gasteiger partial charge in [-0.3, -0.25) is 4.79 Å². The molecule has 126 valence electrons. The van der Waals surface area contributed by atoms with E-state index in [1.54, 1.807) is 23.6 Å². The van der Waals surface area contributed by atoms with Crippen molar-refractivity contribution in [2.45, 2.75) is 25.7 Å². The fourth-order valence-electron chi connectivity index (χ4n) is 2.92. The summed E-state index contributed by atoms with van der Waals surface area (Å²) < 4.78 is 0. The summed E-state index contributed by atoms with van der Waals surface area (Å²) in [4.78, 5) is 23.3. The van der Waals surface area contributed by atoms with Gasteiger partial charge in [0, 0.05) is 42.8 Å². The van der Waals surface area contributed by atoms with E-state index in [0.29, 0.717) is 18.0 Å². The third-order valence-electron chi connectivity index (χ3n) is 4.15. The van der Waals surface area contributed by atoms with Gasteiger partial charge in [0.05, 0.1) is 10.6 Å². The van der Waals surface area contributed by atoms with Crippen molar-refractivity contribution in [3.05, 3.63) is 52.6 Å². The summed E-state index contributed by atoms with van der Waals surface area (Å²) in [6.45, 7) is 8.02. The molecule has 3 heterocycles. The van der Waals surface area contributed by atoms with E-state index in [1.807, 2.05) is 19.1 Å².